The summed E-state index contributed by atoms with van der Waals surface area (Å²) >= 11 is 0. The standard InChI is InChI=1S/C21H30N4O3S/c1-4-6-17(2)23-29(26,27)20-9-10-21(22-16-20)25-13-11-24(12-14-25)18-7-5-8-19(15-18)28-3/h5,7-10,15-17,23H,4,6,11-14H2,1-3H3. The fraction of sp³-hybridized carbons (Fsp3) is 0.476. The molecule has 1 unspecified atom stereocenters. The van der Waals surface area contributed by atoms with E-state index < -0.39 is 10.0 Å². The van der Waals surface area contributed by atoms with Crippen molar-refractivity contribution in [3.8, 4) is 5.75 Å². The predicted molar refractivity (Wildman–Crippen MR) is 116 cm³/mol. The summed E-state index contributed by atoms with van der Waals surface area (Å²) in [6.07, 6.45) is 3.19. The zero-order valence-corrected chi connectivity index (χ0v) is 18.2. The molecule has 1 saturated heterocycles. The van der Waals surface area contributed by atoms with Gasteiger partial charge in [-0.2, -0.15) is 0 Å². The van der Waals surface area contributed by atoms with Crippen molar-refractivity contribution in [1.29, 1.82) is 0 Å². The summed E-state index contributed by atoms with van der Waals surface area (Å²) in [6.45, 7) is 7.29. The van der Waals surface area contributed by atoms with E-state index >= 15 is 0 Å². The fourth-order valence-electron chi connectivity index (χ4n) is 3.54. The maximum atomic E-state index is 12.5. The first-order valence-electron chi connectivity index (χ1n) is 10.0. The van der Waals surface area contributed by atoms with Gasteiger partial charge in [-0.1, -0.05) is 19.4 Å². The minimum Gasteiger partial charge on any atom is -0.497 e. The van der Waals surface area contributed by atoms with Gasteiger partial charge in [0.15, 0.2) is 0 Å². The van der Waals surface area contributed by atoms with Crippen LogP contribution in [-0.4, -0.2) is 52.7 Å². The third-order valence-electron chi connectivity index (χ3n) is 5.13. The van der Waals surface area contributed by atoms with Crippen molar-refractivity contribution in [3.63, 3.8) is 0 Å². The van der Waals surface area contributed by atoms with Gasteiger partial charge in [0, 0.05) is 50.2 Å². The molecule has 0 amide bonds. The average molecular weight is 419 g/mol. The van der Waals surface area contributed by atoms with Crippen LogP contribution in [0.4, 0.5) is 11.5 Å². The lowest BCUT2D eigenvalue weighted by Crippen LogP contribution is -2.46. The molecule has 1 aliphatic heterocycles. The summed E-state index contributed by atoms with van der Waals surface area (Å²) < 4.78 is 33.0. The van der Waals surface area contributed by atoms with Crippen LogP contribution in [0.3, 0.4) is 0 Å². The van der Waals surface area contributed by atoms with Crippen molar-refractivity contribution in [2.24, 2.45) is 0 Å². The Hall–Kier alpha value is -2.32. The van der Waals surface area contributed by atoms with Gasteiger partial charge < -0.3 is 14.5 Å². The number of methoxy groups -OCH3 is 1. The SMILES string of the molecule is CCCC(C)NS(=O)(=O)c1ccc(N2CCN(c3cccc(OC)c3)CC2)nc1. The molecule has 2 heterocycles. The molecule has 1 atom stereocenters. The summed E-state index contributed by atoms with van der Waals surface area (Å²) in [5, 5.41) is 0. The van der Waals surface area contributed by atoms with Crippen LogP contribution in [0.25, 0.3) is 0 Å². The van der Waals surface area contributed by atoms with E-state index in [2.05, 4.69) is 25.6 Å². The highest BCUT2D eigenvalue weighted by molar-refractivity contribution is 7.89. The molecule has 1 aromatic heterocycles. The van der Waals surface area contributed by atoms with Gasteiger partial charge in [-0.3, -0.25) is 0 Å². The van der Waals surface area contributed by atoms with Crippen LogP contribution in [0.5, 0.6) is 5.75 Å². The minimum atomic E-state index is -3.53. The van der Waals surface area contributed by atoms with Gasteiger partial charge in [0.05, 0.1) is 7.11 Å². The Morgan fingerprint density at radius 2 is 1.86 bits per heavy atom. The molecule has 0 saturated carbocycles. The van der Waals surface area contributed by atoms with Gasteiger partial charge in [-0.15, -0.1) is 0 Å². The van der Waals surface area contributed by atoms with Crippen molar-refractivity contribution in [1.82, 2.24) is 9.71 Å². The van der Waals surface area contributed by atoms with Gasteiger partial charge in [-0.05, 0) is 37.6 Å². The van der Waals surface area contributed by atoms with E-state index in [-0.39, 0.29) is 10.9 Å². The Bertz CT molecular complexity index is 894. The van der Waals surface area contributed by atoms with Crippen LogP contribution in [0.2, 0.25) is 0 Å². The molecule has 1 aromatic carbocycles. The number of anilines is 2. The lowest BCUT2D eigenvalue weighted by Gasteiger charge is -2.36. The number of hydrogen-bond acceptors (Lipinski definition) is 6. The topological polar surface area (TPSA) is 74.8 Å². The second-order valence-corrected chi connectivity index (χ2v) is 9.05. The van der Waals surface area contributed by atoms with Crippen molar-refractivity contribution in [3.05, 3.63) is 42.6 Å². The number of pyridine rings is 1. The lowest BCUT2D eigenvalue weighted by molar-refractivity contribution is 0.414. The highest BCUT2D eigenvalue weighted by Crippen LogP contribution is 2.23. The Morgan fingerprint density at radius 1 is 1.14 bits per heavy atom. The third kappa shape index (κ3) is 5.39. The lowest BCUT2D eigenvalue weighted by atomic mass is 10.2. The summed E-state index contributed by atoms with van der Waals surface area (Å²) in [5.41, 5.74) is 1.14. The van der Waals surface area contributed by atoms with Gasteiger partial charge in [0.1, 0.15) is 16.5 Å². The smallest absolute Gasteiger partial charge is 0.242 e. The Morgan fingerprint density at radius 3 is 2.48 bits per heavy atom. The second-order valence-electron chi connectivity index (χ2n) is 7.34. The van der Waals surface area contributed by atoms with Crippen molar-refractivity contribution >= 4 is 21.5 Å². The minimum absolute atomic E-state index is 0.0886. The number of sulfonamides is 1. The molecule has 158 valence electrons. The van der Waals surface area contributed by atoms with Crippen LogP contribution < -0.4 is 19.3 Å². The number of nitrogens with zero attached hydrogens (tertiary/aromatic N) is 3. The zero-order valence-electron chi connectivity index (χ0n) is 17.3. The van der Waals surface area contributed by atoms with Crippen molar-refractivity contribution in [2.45, 2.75) is 37.6 Å². The van der Waals surface area contributed by atoms with Crippen molar-refractivity contribution in [2.75, 3.05) is 43.1 Å². The summed E-state index contributed by atoms with van der Waals surface area (Å²) in [7, 11) is -1.86. The van der Waals surface area contributed by atoms with E-state index in [0.29, 0.717) is 0 Å². The van der Waals surface area contributed by atoms with Gasteiger partial charge in [0.2, 0.25) is 10.0 Å². The highest BCUT2D eigenvalue weighted by Gasteiger charge is 2.21. The van der Waals surface area contributed by atoms with E-state index in [9.17, 15) is 8.42 Å². The first-order chi connectivity index (χ1) is 13.9. The number of benzene rings is 1. The number of piperazine rings is 1. The molecule has 0 aliphatic carbocycles. The molecule has 7 nitrogen and oxygen atoms in total. The second kappa shape index (κ2) is 9.45. The van der Waals surface area contributed by atoms with Crippen LogP contribution in [0.1, 0.15) is 26.7 Å². The van der Waals surface area contributed by atoms with E-state index in [1.165, 1.54) is 6.20 Å². The zero-order chi connectivity index (χ0) is 20.9. The molecule has 0 bridgehead atoms. The van der Waals surface area contributed by atoms with Crippen molar-refractivity contribution < 1.29 is 13.2 Å². The van der Waals surface area contributed by atoms with E-state index in [4.69, 9.17) is 4.74 Å². The van der Waals surface area contributed by atoms with Gasteiger partial charge in [0.25, 0.3) is 0 Å². The summed E-state index contributed by atoms with van der Waals surface area (Å²) in [5.74, 6) is 1.65. The van der Waals surface area contributed by atoms with E-state index in [1.807, 2.05) is 32.0 Å². The molecular formula is C21H30N4O3S. The van der Waals surface area contributed by atoms with Crippen LogP contribution in [0.15, 0.2) is 47.5 Å². The fourth-order valence-corrected chi connectivity index (χ4v) is 4.77. The van der Waals surface area contributed by atoms with Crippen LogP contribution in [0, 0.1) is 0 Å². The molecule has 0 radical (unpaired) electrons. The first kappa shape index (κ1) is 21.4. The number of nitrogens with one attached hydrogen (secondary N) is 1. The summed E-state index contributed by atoms with van der Waals surface area (Å²) in [4.78, 5) is 9.12. The third-order valence-corrected chi connectivity index (χ3v) is 6.71. The van der Waals surface area contributed by atoms with Crippen LogP contribution >= 0.6 is 0 Å². The Kier molecular flexibility index (Phi) is 6.97. The molecule has 2 aromatic rings. The average Bonchev–Trinajstić information content (AvgIpc) is 2.74. The normalized spacial score (nSPS) is 16.0. The molecule has 29 heavy (non-hydrogen) atoms. The number of rotatable bonds is 8. The highest BCUT2D eigenvalue weighted by atomic mass is 32.2. The molecule has 0 spiro atoms. The number of hydrogen-bond donors (Lipinski definition) is 1. The van der Waals surface area contributed by atoms with E-state index in [0.717, 1.165) is 56.3 Å². The molecule has 3 rings (SSSR count). The number of ether oxygens (including phenoxy) is 1. The monoisotopic (exact) mass is 418 g/mol. The van der Waals surface area contributed by atoms with E-state index in [1.54, 1.807) is 19.2 Å². The molecule has 1 N–H and O–H groups in total. The first-order valence-corrected chi connectivity index (χ1v) is 11.5. The maximum absolute atomic E-state index is 12.5. The largest absolute Gasteiger partial charge is 0.497 e. The summed E-state index contributed by atoms with van der Waals surface area (Å²) in [6, 6.07) is 11.4. The molecule has 1 aliphatic rings. The van der Waals surface area contributed by atoms with Gasteiger partial charge >= 0.3 is 0 Å². The van der Waals surface area contributed by atoms with Gasteiger partial charge in [-0.25, -0.2) is 18.1 Å². The quantitative estimate of drug-likeness (QED) is 0.711. The molecule has 1 fully saturated rings. The van der Waals surface area contributed by atoms with Crippen LogP contribution in [-0.2, 0) is 10.0 Å². The molecule has 8 heteroatoms. The number of aromatic nitrogens is 1. The Labute approximate surface area is 173 Å². The maximum Gasteiger partial charge on any atom is 0.242 e. The molecular weight excluding hydrogens is 388 g/mol. The predicted octanol–water partition coefficient (Wildman–Crippen LogP) is 2.88. The Balaban J connectivity index is 1.61.